The molecule has 2 rings (SSSR count). The number of likely N-dealkylation sites (tertiary alicyclic amines) is 1. The van der Waals surface area contributed by atoms with Crippen molar-refractivity contribution in [2.24, 2.45) is 11.8 Å². The number of hydrogen-bond acceptors (Lipinski definition) is 2. The topological polar surface area (TPSA) is 15.3 Å². The van der Waals surface area contributed by atoms with E-state index >= 15 is 0 Å². The number of piperidine rings is 1. The monoisotopic (exact) mass is 210 g/mol. The van der Waals surface area contributed by atoms with Gasteiger partial charge >= 0.3 is 0 Å². The molecule has 88 valence electrons. The van der Waals surface area contributed by atoms with Gasteiger partial charge in [0.15, 0.2) is 0 Å². The molecule has 2 heterocycles. The Kier molecular flexibility index (Phi) is 4.04. The average molecular weight is 210 g/mol. The molecular formula is C13H26N2. The van der Waals surface area contributed by atoms with Crippen molar-refractivity contribution < 1.29 is 0 Å². The minimum Gasteiger partial charge on any atom is -0.314 e. The van der Waals surface area contributed by atoms with Crippen LogP contribution in [0.4, 0.5) is 0 Å². The van der Waals surface area contributed by atoms with Gasteiger partial charge in [0.1, 0.15) is 0 Å². The molecule has 0 saturated carbocycles. The van der Waals surface area contributed by atoms with Crippen LogP contribution in [0.3, 0.4) is 0 Å². The number of nitrogens with zero attached hydrogens (tertiary/aromatic N) is 1. The SMILES string of the molecule is CCC1CCN(CC2CCNC(C)C2)C1. The summed E-state index contributed by atoms with van der Waals surface area (Å²) < 4.78 is 0. The van der Waals surface area contributed by atoms with Crippen LogP contribution in [0.25, 0.3) is 0 Å². The molecule has 2 aliphatic rings. The maximum Gasteiger partial charge on any atom is 0.00418 e. The van der Waals surface area contributed by atoms with Gasteiger partial charge < -0.3 is 10.2 Å². The molecule has 0 aromatic carbocycles. The summed E-state index contributed by atoms with van der Waals surface area (Å²) in [6, 6.07) is 0.744. The smallest absolute Gasteiger partial charge is 0.00418 e. The number of rotatable bonds is 3. The summed E-state index contributed by atoms with van der Waals surface area (Å²) in [6.45, 7) is 9.98. The van der Waals surface area contributed by atoms with Crippen LogP contribution >= 0.6 is 0 Å². The van der Waals surface area contributed by atoms with Gasteiger partial charge in [-0.15, -0.1) is 0 Å². The van der Waals surface area contributed by atoms with E-state index in [9.17, 15) is 0 Å². The lowest BCUT2D eigenvalue weighted by atomic mass is 9.93. The van der Waals surface area contributed by atoms with Gasteiger partial charge in [-0.05, 0) is 51.1 Å². The van der Waals surface area contributed by atoms with Gasteiger partial charge in [0, 0.05) is 19.1 Å². The van der Waals surface area contributed by atoms with Crippen LogP contribution in [0.2, 0.25) is 0 Å². The van der Waals surface area contributed by atoms with Crippen LogP contribution in [0.15, 0.2) is 0 Å². The highest BCUT2D eigenvalue weighted by atomic mass is 15.1. The normalized spacial score (nSPS) is 38.4. The lowest BCUT2D eigenvalue weighted by Crippen LogP contribution is -2.40. The van der Waals surface area contributed by atoms with Gasteiger partial charge in [-0.25, -0.2) is 0 Å². The first-order valence-corrected chi connectivity index (χ1v) is 6.73. The highest BCUT2D eigenvalue weighted by molar-refractivity contribution is 4.81. The van der Waals surface area contributed by atoms with Crippen molar-refractivity contribution in [2.75, 3.05) is 26.2 Å². The van der Waals surface area contributed by atoms with E-state index < -0.39 is 0 Å². The second-order valence-electron chi connectivity index (χ2n) is 5.57. The fourth-order valence-corrected chi connectivity index (χ4v) is 3.18. The molecule has 2 aliphatic heterocycles. The summed E-state index contributed by atoms with van der Waals surface area (Å²) in [5.74, 6) is 1.95. The minimum absolute atomic E-state index is 0.744. The Morgan fingerprint density at radius 2 is 2.13 bits per heavy atom. The van der Waals surface area contributed by atoms with Crippen LogP contribution < -0.4 is 5.32 Å². The van der Waals surface area contributed by atoms with Gasteiger partial charge in [-0.1, -0.05) is 13.3 Å². The molecule has 3 atom stereocenters. The van der Waals surface area contributed by atoms with Crippen molar-refractivity contribution in [2.45, 2.75) is 45.6 Å². The van der Waals surface area contributed by atoms with Crippen molar-refractivity contribution >= 4 is 0 Å². The molecule has 2 saturated heterocycles. The van der Waals surface area contributed by atoms with E-state index in [0.29, 0.717) is 0 Å². The summed E-state index contributed by atoms with van der Waals surface area (Å²) in [5.41, 5.74) is 0. The maximum absolute atomic E-state index is 3.54. The van der Waals surface area contributed by atoms with E-state index in [1.54, 1.807) is 0 Å². The lowest BCUT2D eigenvalue weighted by molar-refractivity contribution is 0.215. The summed E-state index contributed by atoms with van der Waals surface area (Å²) in [6.07, 6.45) is 5.58. The molecule has 3 unspecified atom stereocenters. The van der Waals surface area contributed by atoms with Crippen LogP contribution in [0.5, 0.6) is 0 Å². The molecule has 15 heavy (non-hydrogen) atoms. The van der Waals surface area contributed by atoms with Crippen LogP contribution in [-0.4, -0.2) is 37.1 Å². The summed E-state index contributed by atoms with van der Waals surface area (Å²) in [4.78, 5) is 2.71. The molecule has 2 fully saturated rings. The van der Waals surface area contributed by atoms with Gasteiger partial charge in [0.25, 0.3) is 0 Å². The Morgan fingerprint density at radius 3 is 2.80 bits per heavy atom. The maximum atomic E-state index is 3.54. The van der Waals surface area contributed by atoms with E-state index in [4.69, 9.17) is 0 Å². The third-order valence-corrected chi connectivity index (χ3v) is 4.20. The molecule has 2 nitrogen and oxygen atoms in total. The minimum atomic E-state index is 0.744. The van der Waals surface area contributed by atoms with Crippen molar-refractivity contribution in [3.63, 3.8) is 0 Å². The molecule has 0 radical (unpaired) electrons. The van der Waals surface area contributed by atoms with E-state index in [0.717, 1.165) is 17.9 Å². The summed E-state index contributed by atoms with van der Waals surface area (Å²) in [7, 11) is 0. The molecule has 0 bridgehead atoms. The van der Waals surface area contributed by atoms with E-state index in [2.05, 4.69) is 24.1 Å². The molecule has 1 N–H and O–H groups in total. The summed E-state index contributed by atoms with van der Waals surface area (Å²) in [5, 5.41) is 3.54. The van der Waals surface area contributed by atoms with Gasteiger partial charge in [-0.2, -0.15) is 0 Å². The fourth-order valence-electron chi connectivity index (χ4n) is 3.18. The standard InChI is InChI=1S/C13H26N2/c1-3-12-5-7-15(9-12)10-13-4-6-14-11(2)8-13/h11-14H,3-10H2,1-2H3. The molecule has 0 aromatic rings. The zero-order valence-corrected chi connectivity index (χ0v) is 10.3. The Bertz CT molecular complexity index is 193. The van der Waals surface area contributed by atoms with Gasteiger partial charge in [-0.3, -0.25) is 0 Å². The second-order valence-corrected chi connectivity index (χ2v) is 5.57. The van der Waals surface area contributed by atoms with Gasteiger partial charge in [0.05, 0.1) is 0 Å². The van der Waals surface area contributed by atoms with Crippen LogP contribution in [-0.2, 0) is 0 Å². The predicted octanol–water partition coefficient (Wildman–Crippen LogP) is 2.11. The lowest BCUT2D eigenvalue weighted by Gasteiger charge is -2.31. The Labute approximate surface area is 94.4 Å². The van der Waals surface area contributed by atoms with Crippen LogP contribution in [0, 0.1) is 11.8 Å². The fraction of sp³-hybridized carbons (Fsp3) is 1.00. The zero-order chi connectivity index (χ0) is 10.7. The first kappa shape index (κ1) is 11.4. The highest BCUT2D eigenvalue weighted by Gasteiger charge is 2.25. The zero-order valence-electron chi connectivity index (χ0n) is 10.3. The Balaban J connectivity index is 1.72. The van der Waals surface area contributed by atoms with Crippen molar-refractivity contribution in [3.05, 3.63) is 0 Å². The first-order chi connectivity index (χ1) is 7.28. The molecule has 0 aliphatic carbocycles. The quantitative estimate of drug-likeness (QED) is 0.767. The number of hydrogen-bond donors (Lipinski definition) is 1. The third kappa shape index (κ3) is 3.18. The average Bonchev–Trinajstić information content (AvgIpc) is 2.65. The second kappa shape index (κ2) is 5.31. The molecule has 0 spiro atoms. The molecular weight excluding hydrogens is 184 g/mol. The largest absolute Gasteiger partial charge is 0.314 e. The van der Waals surface area contributed by atoms with E-state index in [-0.39, 0.29) is 0 Å². The Morgan fingerprint density at radius 1 is 1.27 bits per heavy atom. The van der Waals surface area contributed by atoms with E-state index in [1.165, 1.54) is 51.9 Å². The molecule has 2 heteroatoms. The van der Waals surface area contributed by atoms with Gasteiger partial charge in [0.2, 0.25) is 0 Å². The highest BCUT2D eigenvalue weighted by Crippen LogP contribution is 2.23. The first-order valence-electron chi connectivity index (χ1n) is 6.73. The van der Waals surface area contributed by atoms with Crippen LogP contribution in [0.1, 0.15) is 39.5 Å². The predicted molar refractivity (Wildman–Crippen MR) is 65.0 cm³/mol. The number of nitrogens with one attached hydrogen (secondary N) is 1. The van der Waals surface area contributed by atoms with Crippen molar-refractivity contribution in [1.29, 1.82) is 0 Å². The molecule has 0 amide bonds. The Hall–Kier alpha value is -0.0800. The van der Waals surface area contributed by atoms with Crippen molar-refractivity contribution in [3.8, 4) is 0 Å². The van der Waals surface area contributed by atoms with Crippen molar-refractivity contribution in [1.82, 2.24) is 10.2 Å². The molecule has 0 aromatic heterocycles. The van der Waals surface area contributed by atoms with E-state index in [1.807, 2.05) is 0 Å². The third-order valence-electron chi connectivity index (χ3n) is 4.20. The summed E-state index contributed by atoms with van der Waals surface area (Å²) >= 11 is 0.